The highest BCUT2D eigenvalue weighted by molar-refractivity contribution is 9.11. The molecule has 0 bridgehead atoms. The van der Waals surface area contributed by atoms with Gasteiger partial charge in [0.2, 0.25) is 0 Å². The van der Waals surface area contributed by atoms with E-state index < -0.39 is 14.0 Å². The topological polar surface area (TPSA) is 104 Å². The van der Waals surface area contributed by atoms with Crippen LogP contribution in [0, 0.1) is 0 Å². The van der Waals surface area contributed by atoms with Gasteiger partial charge in [-0.25, -0.2) is 9.78 Å². The van der Waals surface area contributed by atoms with Gasteiger partial charge in [0.15, 0.2) is 27.3 Å². The Morgan fingerprint density at radius 3 is 2.69 bits per heavy atom. The van der Waals surface area contributed by atoms with Crippen LogP contribution in [-0.2, 0) is 16.2 Å². The number of ether oxygens (including phenoxy) is 2. The van der Waals surface area contributed by atoms with E-state index in [9.17, 15) is 4.79 Å². The smallest absolute Gasteiger partial charge is 0.359 e. The van der Waals surface area contributed by atoms with E-state index in [0.717, 1.165) is 27.7 Å². The average Bonchev–Trinajstić information content (AvgIpc) is 3.37. The summed E-state index contributed by atoms with van der Waals surface area (Å²) >= 11 is 6.22. The Hall–Kier alpha value is -2.45. The lowest BCUT2D eigenvalue weighted by Gasteiger charge is -2.15. The number of benzene rings is 1. The first-order valence-corrected chi connectivity index (χ1v) is 17.5. The molecular weight excluding hydrogens is 580 g/mol. The van der Waals surface area contributed by atoms with Crippen LogP contribution in [0.1, 0.15) is 17.4 Å². The van der Waals surface area contributed by atoms with Crippen LogP contribution in [0.25, 0.3) is 10.2 Å². The number of halogens is 1. The molecule has 0 fully saturated rings. The molecule has 0 amide bonds. The summed E-state index contributed by atoms with van der Waals surface area (Å²) in [7, 11) is -1.16. The molecule has 0 spiro atoms. The van der Waals surface area contributed by atoms with E-state index in [-0.39, 0.29) is 12.3 Å². The Morgan fingerprint density at radius 2 is 1.97 bits per heavy atom. The zero-order valence-corrected chi connectivity index (χ0v) is 24.7. The molecule has 9 nitrogen and oxygen atoms in total. The van der Waals surface area contributed by atoms with Gasteiger partial charge in [0, 0.05) is 14.7 Å². The first kappa shape index (κ1) is 26.6. The maximum Gasteiger partial charge on any atom is 0.359 e. The van der Waals surface area contributed by atoms with Gasteiger partial charge in [-0.1, -0.05) is 54.4 Å². The molecule has 0 aliphatic rings. The lowest BCUT2D eigenvalue weighted by atomic mass is 10.3. The van der Waals surface area contributed by atoms with Gasteiger partial charge in [-0.15, -0.1) is 10.2 Å². The lowest BCUT2D eigenvalue weighted by molar-refractivity contribution is 0.0519. The first-order chi connectivity index (χ1) is 17.2. The van der Waals surface area contributed by atoms with E-state index in [0.29, 0.717) is 27.3 Å². The number of esters is 1. The maximum atomic E-state index is 12.0. The lowest BCUT2D eigenvalue weighted by Crippen LogP contribution is -2.23. The predicted octanol–water partition coefficient (Wildman–Crippen LogP) is 6.18. The number of thiazole rings is 2. The predicted molar refractivity (Wildman–Crippen MR) is 150 cm³/mol. The summed E-state index contributed by atoms with van der Waals surface area (Å²) in [5, 5.41) is 12.1. The molecule has 3 heterocycles. The number of para-hydroxylation sites is 1. The summed E-state index contributed by atoms with van der Waals surface area (Å²) in [6.07, 6.45) is 0. The SMILES string of the molecule is CCOC(=O)c1nc(Nc2ccc(/N=c3\sc4ccccc4n3COCC[Si](C)(C)C)nn2)sc1Br. The van der Waals surface area contributed by atoms with Gasteiger partial charge in [0.1, 0.15) is 10.5 Å². The highest BCUT2D eigenvalue weighted by atomic mass is 79.9. The van der Waals surface area contributed by atoms with E-state index >= 15 is 0 Å². The molecule has 190 valence electrons. The van der Waals surface area contributed by atoms with Gasteiger partial charge in [0.25, 0.3) is 0 Å². The number of rotatable bonds is 10. The van der Waals surface area contributed by atoms with Crippen molar-refractivity contribution in [2.75, 3.05) is 18.5 Å². The largest absolute Gasteiger partial charge is 0.461 e. The number of hydrogen-bond acceptors (Lipinski definition) is 10. The molecule has 4 rings (SSSR count). The molecule has 0 aliphatic carbocycles. The fourth-order valence-electron chi connectivity index (χ4n) is 3.10. The van der Waals surface area contributed by atoms with E-state index in [1.807, 2.05) is 12.1 Å². The van der Waals surface area contributed by atoms with E-state index in [1.54, 1.807) is 30.4 Å². The van der Waals surface area contributed by atoms with Crippen molar-refractivity contribution in [1.82, 2.24) is 19.7 Å². The molecule has 0 saturated heterocycles. The van der Waals surface area contributed by atoms with E-state index in [2.05, 4.69) is 72.8 Å². The second kappa shape index (κ2) is 11.7. The zero-order chi connectivity index (χ0) is 25.7. The van der Waals surface area contributed by atoms with Crippen LogP contribution in [0.4, 0.5) is 16.8 Å². The Labute approximate surface area is 226 Å². The fraction of sp³-hybridized carbons (Fsp3) is 0.348. The summed E-state index contributed by atoms with van der Waals surface area (Å²) < 4.78 is 14.8. The molecule has 3 aromatic heterocycles. The number of hydrogen-bond donors (Lipinski definition) is 1. The minimum Gasteiger partial charge on any atom is -0.461 e. The normalized spacial score (nSPS) is 12.3. The highest BCUT2D eigenvalue weighted by Gasteiger charge is 2.18. The van der Waals surface area contributed by atoms with Crippen LogP contribution >= 0.6 is 38.6 Å². The number of carbonyl (C=O) groups is 1. The van der Waals surface area contributed by atoms with Gasteiger partial charge in [0.05, 0.1) is 16.8 Å². The second-order valence-corrected chi connectivity index (χ2v) is 18.0. The second-order valence-electron chi connectivity index (χ2n) is 9.00. The molecule has 0 aliphatic heterocycles. The molecule has 0 saturated carbocycles. The molecule has 1 N–H and O–H groups in total. The average molecular weight is 608 g/mol. The fourth-order valence-corrected chi connectivity index (χ4v) is 6.29. The number of anilines is 2. The van der Waals surface area contributed by atoms with Crippen molar-refractivity contribution < 1.29 is 14.3 Å². The summed E-state index contributed by atoms with van der Waals surface area (Å²) in [6, 6.07) is 12.8. The molecule has 0 radical (unpaired) electrons. The quantitative estimate of drug-likeness (QED) is 0.131. The Bertz CT molecular complexity index is 1410. The Morgan fingerprint density at radius 1 is 1.17 bits per heavy atom. The van der Waals surface area contributed by atoms with Crippen molar-refractivity contribution in [3.63, 3.8) is 0 Å². The zero-order valence-electron chi connectivity index (χ0n) is 20.4. The van der Waals surface area contributed by atoms with Gasteiger partial charge < -0.3 is 14.8 Å². The third-order valence-electron chi connectivity index (χ3n) is 4.96. The van der Waals surface area contributed by atoms with E-state index in [1.165, 1.54) is 11.3 Å². The molecule has 0 atom stereocenters. The van der Waals surface area contributed by atoms with Crippen LogP contribution in [0.3, 0.4) is 0 Å². The minimum absolute atomic E-state index is 0.227. The molecule has 13 heteroatoms. The summed E-state index contributed by atoms with van der Waals surface area (Å²) in [6.45, 7) is 10.2. The van der Waals surface area contributed by atoms with Gasteiger partial charge in [-0.2, -0.15) is 4.99 Å². The maximum absolute atomic E-state index is 12.0. The van der Waals surface area contributed by atoms with Crippen molar-refractivity contribution >= 4 is 79.6 Å². The molecular formula is C23H27BrN6O3S2Si. The third kappa shape index (κ3) is 6.85. The third-order valence-corrected chi connectivity index (χ3v) is 9.34. The molecule has 36 heavy (non-hydrogen) atoms. The molecule has 0 unspecified atom stereocenters. The van der Waals surface area contributed by atoms with Crippen molar-refractivity contribution in [1.29, 1.82) is 0 Å². The number of nitrogens with one attached hydrogen (secondary N) is 1. The van der Waals surface area contributed by atoms with Crippen LogP contribution in [0.2, 0.25) is 25.7 Å². The first-order valence-electron chi connectivity index (χ1n) is 11.4. The summed E-state index contributed by atoms with van der Waals surface area (Å²) in [4.78, 5) is 21.8. The van der Waals surface area contributed by atoms with Crippen molar-refractivity contribution in [2.45, 2.75) is 39.3 Å². The monoisotopic (exact) mass is 606 g/mol. The molecule has 4 aromatic rings. The number of carbonyl (C=O) groups excluding carboxylic acids is 1. The highest BCUT2D eigenvalue weighted by Crippen LogP contribution is 2.30. The van der Waals surface area contributed by atoms with Crippen molar-refractivity contribution in [3.05, 3.63) is 50.7 Å². The molecule has 1 aromatic carbocycles. The van der Waals surface area contributed by atoms with Crippen LogP contribution < -0.4 is 10.1 Å². The number of aromatic nitrogens is 4. The van der Waals surface area contributed by atoms with Crippen molar-refractivity contribution in [2.24, 2.45) is 4.99 Å². The summed E-state index contributed by atoms with van der Waals surface area (Å²) in [5.74, 6) is 0.495. The van der Waals surface area contributed by atoms with Crippen LogP contribution in [0.5, 0.6) is 0 Å². The summed E-state index contributed by atoms with van der Waals surface area (Å²) in [5.41, 5.74) is 1.30. The minimum atomic E-state index is -1.16. The van der Waals surface area contributed by atoms with Crippen LogP contribution in [0.15, 0.2) is 45.2 Å². The Balaban J connectivity index is 1.52. The van der Waals surface area contributed by atoms with E-state index in [4.69, 9.17) is 14.5 Å². The van der Waals surface area contributed by atoms with Crippen LogP contribution in [-0.4, -0.2) is 47.0 Å². The van der Waals surface area contributed by atoms with Crippen molar-refractivity contribution in [3.8, 4) is 0 Å². The van der Waals surface area contributed by atoms with Gasteiger partial charge in [-0.05, 0) is 53.2 Å². The Kier molecular flexibility index (Phi) is 8.67. The standard InChI is InChI=1S/C23H27BrN6O3S2Si/c1-5-33-21(31)19-20(24)35-22(27-19)25-17-10-11-18(29-28-17)26-23-30(14-32-12-13-36(2,3)4)15-8-6-7-9-16(15)34-23/h6-11H,5,12-14H2,1-4H3,(H,25,27,28)/b26-23-. The van der Waals surface area contributed by atoms with Gasteiger partial charge in [-0.3, -0.25) is 4.57 Å². The number of nitrogens with zero attached hydrogens (tertiary/aromatic N) is 5. The number of fused-ring (bicyclic) bond motifs is 1. The van der Waals surface area contributed by atoms with Gasteiger partial charge >= 0.3 is 5.97 Å².